The third-order valence-electron chi connectivity index (χ3n) is 11.8. The number of nitrogens with one attached hydrogen (secondary N) is 3. The zero-order chi connectivity index (χ0) is 36.8. The van der Waals surface area contributed by atoms with Crippen molar-refractivity contribution in [2.24, 2.45) is 10.8 Å². The summed E-state index contributed by atoms with van der Waals surface area (Å²) < 4.78 is 0. The average Bonchev–Trinajstić information content (AvgIpc) is 3.04. The van der Waals surface area contributed by atoms with Gasteiger partial charge in [0.2, 0.25) is 17.7 Å². The van der Waals surface area contributed by atoms with Crippen molar-refractivity contribution in [3.05, 3.63) is 22.3 Å². The molecule has 288 valence electrons. The fraction of sp³-hybridized carbons (Fsp3) is 0.841. The maximum Gasteiger partial charge on any atom is 0.242 e. The van der Waals surface area contributed by atoms with E-state index in [2.05, 4.69) is 57.5 Å². The summed E-state index contributed by atoms with van der Waals surface area (Å²) in [4.78, 5) is 37.7. The van der Waals surface area contributed by atoms with Crippen molar-refractivity contribution in [3.63, 3.8) is 0 Å². The molecule has 0 fully saturated rings. The zero-order valence-electron chi connectivity index (χ0n) is 33.9. The minimum Gasteiger partial charge on any atom is -0.356 e. The van der Waals surface area contributed by atoms with Crippen LogP contribution in [-0.2, 0) is 14.4 Å². The van der Waals surface area contributed by atoms with Crippen LogP contribution in [-0.4, -0.2) is 36.9 Å². The summed E-state index contributed by atoms with van der Waals surface area (Å²) >= 11 is 0. The standard InChI is InChI=1S/C44H79N3O3/c1-8-45-42(50)39(47-41(49)31-20-16-12-10-14-18-28-38-36(3)26-24-33-44(38,6)7)29-21-22-34-46-40(48)30-19-15-11-9-13-17-27-37-35(2)25-23-32-43(37,4)5/h39H,8-34H2,1-7H3,(H,45,50)(H,46,48)(H,47,49). The van der Waals surface area contributed by atoms with Gasteiger partial charge >= 0.3 is 0 Å². The highest BCUT2D eigenvalue weighted by atomic mass is 16.2. The first kappa shape index (κ1) is 44.1. The topological polar surface area (TPSA) is 87.3 Å². The van der Waals surface area contributed by atoms with Crippen molar-refractivity contribution in [2.75, 3.05) is 13.1 Å². The number of amides is 3. The number of likely N-dealkylation sites (N-methyl/N-ethyl adjacent to an activating group) is 1. The molecule has 2 aliphatic carbocycles. The molecule has 6 nitrogen and oxygen atoms in total. The Morgan fingerprint density at radius 2 is 1.06 bits per heavy atom. The van der Waals surface area contributed by atoms with Gasteiger partial charge in [-0.05, 0) is 128 Å². The van der Waals surface area contributed by atoms with Gasteiger partial charge in [-0.1, -0.05) is 101 Å². The monoisotopic (exact) mass is 698 g/mol. The van der Waals surface area contributed by atoms with Gasteiger partial charge in [0.05, 0.1) is 0 Å². The van der Waals surface area contributed by atoms with E-state index < -0.39 is 6.04 Å². The van der Waals surface area contributed by atoms with E-state index >= 15 is 0 Å². The van der Waals surface area contributed by atoms with Crippen LogP contribution in [0.2, 0.25) is 0 Å². The largest absolute Gasteiger partial charge is 0.356 e. The molecule has 6 heteroatoms. The molecule has 0 saturated carbocycles. The summed E-state index contributed by atoms with van der Waals surface area (Å²) in [6.45, 7) is 17.4. The summed E-state index contributed by atoms with van der Waals surface area (Å²) in [7, 11) is 0. The highest BCUT2D eigenvalue weighted by Crippen LogP contribution is 2.43. The first-order chi connectivity index (χ1) is 23.9. The first-order valence-electron chi connectivity index (χ1n) is 21.1. The summed E-state index contributed by atoms with van der Waals surface area (Å²) in [5.74, 6) is -0.0141. The number of unbranched alkanes of at least 4 members (excludes halogenated alkanes) is 11. The Morgan fingerprint density at radius 1 is 0.600 bits per heavy atom. The number of hydrogen-bond acceptors (Lipinski definition) is 3. The quantitative estimate of drug-likeness (QED) is 0.0621. The van der Waals surface area contributed by atoms with Gasteiger partial charge in [-0.25, -0.2) is 0 Å². The van der Waals surface area contributed by atoms with Crippen LogP contribution in [0.1, 0.15) is 209 Å². The van der Waals surface area contributed by atoms with E-state index in [9.17, 15) is 14.4 Å². The lowest BCUT2D eigenvalue weighted by molar-refractivity contribution is -0.129. The zero-order valence-corrected chi connectivity index (χ0v) is 33.9. The van der Waals surface area contributed by atoms with E-state index in [-0.39, 0.29) is 17.7 Å². The van der Waals surface area contributed by atoms with E-state index in [4.69, 9.17) is 0 Å². The lowest BCUT2D eigenvalue weighted by Crippen LogP contribution is -2.46. The van der Waals surface area contributed by atoms with Crippen LogP contribution in [0.5, 0.6) is 0 Å². The SMILES string of the molecule is CCNC(=O)C(CCCCNC(=O)CCCCCCCCC1=C(C)CCCC1(C)C)NC(=O)CCCCCCCCC1=C(C)CCCC1(C)C. The number of allylic oxidation sites excluding steroid dienone is 4. The molecule has 2 rings (SSSR count). The van der Waals surface area contributed by atoms with E-state index in [1.807, 2.05) is 6.92 Å². The van der Waals surface area contributed by atoms with Crippen LogP contribution in [0.3, 0.4) is 0 Å². The van der Waals surface area contributed by atoms with Crippen LogP contribution in [0.4, 0.5) is 0 Å². The van der Waals surface area contributed by atoms with E-state index in [0.717, 1.165) is 44.9 Å². The van der Waals surface area contributed by atoms with Crippen LogP contribution in [0, 0.1) is 10.8 Å². The second-order valence-corrected chi connectivity index (χ2v) is 17.1. The molecule has 0 bridgehead atoms. The fourth-order valence-corrected chi connectivity index (χ4v) is 8.66. The third-order valence-corrected chi connectivity index (χ3v) is 11.8. The number of hydrogen-bond donors (Lipinski definition) is 3. The predicted molar refractivity (Wildman–Crippen MR) is 212 cm³/mol. The van der Waals surface area contributed by atoms with Gasteiger partial charge in [0.1, 0.15) is 6.04 Å². The second kappa shape index (κ2) is 24.2. The molecule has 2 aliphatic rings. The fourth-order valence-electron chi connectivity index (χ4n) is 8.66. The Bertz CT molecular complexity index is 1090. The molecule has 1 unspecified atom stereocenters. The minimum absolute atomic E-state index is 0.0304. The van der Waals surface area contributed by atoms with Crippen LogP contribution in [0.25, 0.3) is 0 Å². The Kier molecular flexibility index (Phi) is 21.3. The Hall–Kier alpha value is -2.11. The van der Waals surface area contributed by atoms with Crippen molar-refractivity contribution in [3.8, 4) is 0 Å². The summed E-state index contributed by atoms with van der Waals surface area (Å²) in [6, 6.07) is -0.505. The van der Waals surface area contributed by atoms with Gasteiger partial charge in [-0.15, -0.1) is 0 Å². The predicted octanol–water partition coefficient (Wildman–Crippen LogP) is 11.2. The number of carbonyl (C=O) groups is 3. The molecule has 3 N–H and O–H groups in total. The van der Waals surface area contributed by atoms with Crippen molar-refractivity contribution in [1.82, 2.24) is 16.0 Å². The van der Waals surface area contributed by atoms with E-state index in [0.29, 0.717) is 43.2 Å². The van der Waals surface area contributed by atoms with Crippen molar-refractivity contribution in [2.45, 2.75) is 215 Å². The lowest BCUT2D eigenvalue weighted by Gasteiger charge is -2.34. The van der Waals surface area contributed by atoms with E-state index in [1.54, 1.807) is 22.3 Å². The molecule has 0 aliphatic heterocycles. The maximum absolute atomic E-state index is 12.7. The number of rotatable bonds is 26. The molecule has 3 amide bonds. The summed E-state index contributed by atoms with van der Waals surface area (Å²) in [5, 5.41) is 8.91. The second-order valence-electron chi connectivity index (χ2n) is 17.1. The highest BCUT2D eigenvalue weighted by molar-refractivity contribution is 5.87. The first-order valence-corrected chi connectivity index (χ1v) is 21.1. The summed E-state index contributed by atoms with van der Waals surface area (Å²) in [5.41, 5.74) is 7.45. The highest BCUT2D eigenvalue weighted by Gasteiger charge is 2.28. The van der Waals surface area contributed by atoms with Crippen LogP contribution >= 0.6 is 0 Å². The molecule has 50 heavy (non-hydrogen) atoms. The molecule has 0 aromatic rings. The van der Waals surface area contributed by atoms with Crippen molar-refractivity contribution >= 4 is 17.7 Å². The third kappa shape index (κ3) is 17.4. The molecule has 1 atom stereocenters. The van der Waals surface area contributed by atoms with Crippen molar-refractivity contribution in [1.29, 1.82) is 0 Å². The lowest BCUT2D eigenvalue weighted by atomic mass is 9.71. The van der Waals surface area contributed by atoms with Gasteiger partial charge < -0.3 is 16.0 Å². The Labute approximate surface area is 308 Å². The summed E-state index contributed by atoms with van der Waals surface area (Å²) in [6.07, 6.45) is 27.6. The van der Waals surface area contributed by atoms with Crippen LogP contribution < -0.4 is 16.0 Å². The molecular formula is C44H79N3O3. The smallest absolute Gasteiger partial charge is 0.242 e. The van der Waals surface area contributed by atoms with Gasteiger partial charge in [0.25, 0.3) is 0 Å². The van der Waals surface area contributed by atoms with Gasteiger partial charge in [0, 0.05) is 25.9 Å². The molecule has 0 radical (unpaired) electrons. The van der Waals surface area contributed by atoms with Crippen LogP contribution in [0.15, 0.2) is 22.3 Å². The molecule has 0 aromatic carbocycles. The maximum atomic E-state index is 12.7. The molecule has 0 saturated heterocycles. The number of carbonyl (C=O) groups excluding carboxylic acids is 3. The van der Waals surface area contributed by atoms with Gasteiger partial charge in [0.15, 0.2) is 0 Å². The molecule has 0 heterocycles. The van der Waals surface area contributed by atoms with Gasteiger partial charge in [-0.3, -0.25) is 14.4 Å². The molecular weight excluding hydrogens is 619 g/mol. The van der Waals surface area contributed by atoms with E-state index in [1.165, 1.54) is 96.3 Å². The normalized spacial score (nSPS) is 17.8. The van der Waals surface area contributed by atoms with Gasteiger partial charge in [-0.2, -0.15) is 0 Å². The van der Waals surface area contributed by atoms with Crippen molar-refractivity contribution < 1.29 is 14.4 Å². The average molecular weight is 698 g/mol. The molecule has 0 aromatic heterocycles. The Balaban J connectivity index is 1.49. The minimum atomic E-state index is -0.505. The molecule has 0 spiro atoms. The Morgan fingerprint density at radius 3 is 1.54 bits per heavy atom.